The molecule has 2 rings (SSSR count). The van der Waals surface area contributed by atoms with Crippen molar-refractivity contribution in [3.8, 4) is 11.8 Å². The van der Waals surface area contributed by atoms with Crippen LogP contribution >= 0.6 is 15.9 Å². The molecule has 2 aromatic carbocycles. The predicted octanol–water partition coefficient (Wildman–Crippen LogP) is 3.83. The Hall–Kier alpha value is -2.45. The van der Waals surface area contributed by atoms with Crippen molar-refractivity contribution in [2.45, 2.75) is 0 Å². The van der Waals surface area contributed by atoms with Crippen molar-refractivity contribution in [3.63, 3.8) is 0 Å². The van der Waals surface area contributed by atoms with Crippen molar-refractivity contribution in [2.75, 3.05) is 6.54 Å². The van der Waals surface area contributed by atoms with Crippen molar-refractivity contribution in [1.82, 2.24) is 0 Å². The zero-order valence-electron chi connectivity index (χ0n) is 11.0. The summed E-state index contributed by atoms with van der Waals surface area (Å²) in [7, 11) is 0. The number of hydrogen-bond donors (Lipinski definition) is 0. The fourth-order valence-electron chi connectivity index (χ4n) is 1.61. The molecule has 4 nitrogen and oxygen atoms in total. The molecule has 0 aliphatic carbocycles. The first kappa shape index (κ1) is 14.9. The predicted molar refractivity (Wildman–Crippen MR) is 86.6 cm³/mol. The second kappa shape index (κ2) is 7.36. The van der Waals surface area contributed by atoms with E-state index in [4.69, 9.17) is 0 Å². The van der Waals surface area contributed by atoms with E-state index in [0.717, 1.165) is 10.0 Å². The molecule has 0 amide bonds. The van der Waals surface area contributed by atoms with Crippen LogP contribution < -0.4 is 0 Å². The lowest BCUT2D eigenvalue weighted by Gasteiger charge is -1.93. The smallest absolute Gasteiger partial charge is 0.270 e. The third-order valence-electron chi connectivity index (χ3n) is 2.59. The van der Waals surface area contributed by atoms with Crippen LogP contribution in [0.1, 0.15) is 11.1 Å². The van der Waals surface area contributed by atoms with Crippen LogP contribution in [-0.2, 0) is 0 Å². The van der Waals surface area contributed by atoms with E-state index in [1.165, 1.54) is 12.1 Å². The average Bonchev–Trinajstić information content (AvgIpc) is 2.49. The van der Waals surface area contributed by atoms with E-state index in [9.17, 15) is 10.1 Å². The Morgan fingerprint density at radius 1 is 1.24 bits per heavy atom. The van der Waals surface area contributed by atoms with Gasteiger partial charge < -0.3 is 0 Å². The first-order valence-corrected chi connectivity index (χ1v) is 6.94. The summed E-state index contributed by atoms with van der Waals surface area (Å²) in [5.41, 5.74) is 1.65. The first-order chi connectivity index (χ1) is 10.2. The summed E-state index contributed by atoms with van der Waals surface area (Å²) in [5, 5.41) is 10.7. The Morgan fingerprint density at radius 2 is 2.05 bits per heavy atom. The lowest BCUT2D eigenvalue weighted by molar-refractivity contribution is -0.384. The van der Waals surface area contributed by atoms with Crippen LogP contribution in [0.15, 0.2) is 58.0 Å². The fraction of sp³-hybridized carbons (Fsp3) is 0.0625. The van der Waals surface area contributed by atoms with Crippen LogP contribution in [0.5, 0.6) is 0 Å². The summed E-state index contributed by atoms with van der Waals surface area (Å²) in [6.07, 6.45) is 1.59. The maximum atomic E-state index is 10.7. The van der Waals surface area contributed by atoms with Gasteiger partial charge in [-0.15, -0.1) is 0 Å². The standard InChI is InChI=1S/C16H11BrN2O2/c17-16-9-2-1-6-14(16)7-4-10-18-12-13-5-3-8-15(11-13)19(20)21/h1-3,5-6,8-9,11-12H,10H2. The summed E-state index contributed by atoms with van der Waals surface area (Å²) in [5.74, 6) is 5.95. The maximum absolute atomic E-state index is 10.7. The van der Waals surface area contributed by atoms with Gasteiger partial charge in [-0.2, -0.15) is 0 Å². The molecule has 0 radical (unpaired) electrons. The lowest BCUT2D eigenvalue weighted by atomic mass is 10.2. The van der Waals surface area contributed by atoms with Gasteiger partial charge >= 0.3 is 0 Å². The summed E-state index contributed by atoms with van der Waals surface area (Å²) in [6, 6.07) is 14.0. The second-order valence-corrected chi connectivity index (χ2v) is 4.96. The summed E-state index contributed by atoms with van der Waals surface area (Å²) >= 11 is 3.42. The Labute approximate surface area is 130 Å². The van der Waals surface area contributed by atoms with E-state index < -0.39 is 4.92 Å². The van der Waals surface area contributed by atoms with Crippen molar-refractivity contribution < 1.29 is 4.92 Å². The molecule has 0 aliphatic rings. The molecule has 0 N–H and O–H groups in total. The van der Waals surface area contributed by atoms with Gasteiger partial charge in [-0.25, -0.2) is 0 Å². The van der Waals surface area contributed by atoms with Gasteiger partial charge in [0, 0.05) is 28.4 Å². The van der Waals surface area contributed by atoms with Crippen LogP contribution in [0.25, 0.3) is 0 Å². The zero-order valence-corrected chi connectivity index (χ0v) is 12.6. The summed E-state index contributed by atoms with van der Waals surface area (Å²) in [4.78, 5) is 14.4. The molecule has 0 spiro atoms. The molecular formula is C16H11BrN2O2. The van der Waals surface area contributed by atoms with Gasteiger partial charge in [-0.05, 0) is 33.6 Å². The Morgan fingerprint density at radius 3 is 2.81 bits per heavy atom. The highest BCUT2D eigenvalue weighted by Gasteiger charge is 2.03. The van der Waals surface area contributed by atoms with Gasteiger partial charge in [0.2, 0.25) is 0 Å². The quantitative estimate of drug-likeness (QED) is 0.368. The highest BCUT2D eigenvalue weighted by molar-refractivity contribution is 9.10. The number of nitro groups is 1. The molecule has 0 unspecified atom stereocenters. The van der Waals surface area contributed by atoms with E-state index in [-0.39, 0.29) is 5.69 Å². The largest absolute Gasteiger partial charge is 0.280 e. The fourth-order valence-corrected chi connectivity index (χ4v) is 2.00. The molecule has 21 heavy (non-hydrogen) atoms. The van der Waals surface area contributed by atoms with Gasteiger partial charge in [0.25, 0.3) is 5.69 Å². The molecule has 0 atom stereocenters. The van der Waals surface area contributed by atoms with Crippen molar-refractivity contribution in [1.29, 1.82) is 0 Å². The average molecular weight is 343 g/mol. The van der Waals surface area contributed by atoms with Gasteiger partial charge in [-0.3, -0.25) is 15.1 Å². The second-order valence-electron chi connectivity index (χ2n) is 4.10. The normalized spacial score (nSPS) is 10.1. The van der Waals surface area contributed by atoms with E-state index in [1.807, 2.05) is 24.3 Å². The van der Waals surface area contributed by atoms with E-state index in [1.54, 1.807) is 18.3 Å². The lowest BCUT2D eigenvalue weighted by Crippen LogP contribution is -1.89. The number of benzene rings is 2. The molecule has 0 fully saturated rings. The number of non-ortho nitro benzene ring substituents is 1. The molecule has 0 saturated heterocycles. The topological polar surface area (TPSA) is 55.5 Å². The Balaban J connectivity index is 1.99. The molecular weight excluding hydrogens is 332 g/mol. The molecule has 2 aromatic rings. The van der Waals surface area contributed by atoms with E-state index >= 15 is 0 Å². The number of aliphatic imine (C=N–C) groups is 1. The van der Waals surface area contributed by atoms with Gasteiger partial charge in [0.05, 0.1) is 4.92 Å². The number of nitro benzene ring substituents is 1. The SMILES string of the molecule is O=[N+]([O-])c1cccc(C=NCC#Cc2ccccc2Br)c1. The van der Waals surface area contributed by atoms with Gasteiger partial charge in [-0.1, -0.05) is 36.1 Å². The van der Waals surface area contributed by atoms with Crippen LogP contribution in [0.4, 0.5) is 5.69 Å². The van der Waals surface area contributed by atoms with Crippen LogP contribution in [0.2, 0.25) is 0 Å². The third kappa shape index (κ3) is 4.55. The number of rotatable bonds is 3. The van der Waals surface area contributed by atoms with Crippen molar-refractivity contribution in [3.05, 3.63) is 74.2 Å². The monoisotopic (exact) mass is 342 g/mol. The van der Waals surface area contributed by atoms with Crippen molar-refractivity contribution >= 4 is 27.8 Å². The highest BCUT2D eigenvalue weighted by Crippen LogP contribution is 2.14. The Bertz CT molecular complexity index is 745. The molecule has 0 aliphatic heterocycles. The number of nitrogens with zero attached hydrogens (tertiary/aromatic N) is 2. The minimum absolute atomic E-state index is 0.0539. The zero-order chi connectivity index (χ0) is 15.1. The molecule has 0 bridgehead atoms. The van der Waals surface area contributed by atoms with E-state index in [0.29, 0.717) is 12.1 Å². The highest BCUT2D eigenvalue weighted by atomic mass is 79.9. The molecule has 5 heteroatoms. The minimum atomic E-state index is -0.427. The molecule has 104 valence electrons. The van der Waals surface area contributed by atoms with Gasteiger partial charge in [0.1, 0.15) is 6.54 Å². The minimum Gasteiger partial charge on any atom is -0.280 e. The molecule has 0 aromatic heterocycles. The van der Waals surface area contributed by atoms with Crippen molar-refractivity contribution in [2.24, 2.45) is 4.99 Å². The molecule has 0 heterocycles. The van der Waals surface area contributed by atoms with Crippen LogP contribution in [-0.4, -0.2) is 17.7 Å². The first-order valence-electron chi connectivity index (χ1n) is 6.14. The number of halogens is 1. The van der Waals surface area contributed by atoms with Crippen LogP contribution in [0, 0.1) is 22.0 Å². The Kier molecular flexibility index (Phi) is 5.24. The van der Waals surface area contributed by atoms with Gasteiger partial charge in [0.15, 0.2) is 0 Å². The number of hydrogen-bond acceptors (Lipinski definition) is 3. The third-order valence-corrected chi connectivity index (χ3v) is 3.28. The maximum Gasteiger partial charge on any atom is 0.270 e. The summed E-state index contributed by atoms with van der Waals surface area (Å²) < 4.78 is 0.945. The van der Waals surface area contributed by atoms with E-state index in [2.05, 4.69) is 32.8 Å². The molecule has 0 saturated carbocycles. The van der Waals surface area contributed by atoms with Crippen LogP contribution in [0.3, 0.4) is 0 Å². The summed E-state index contributed by atoms with van der Waals surface area (Å²) in [6.45, 7) is 0.337.